The van der Waals surface area contributed by atoms with Crippen LogP contribution in [0.1, 0.15) is 17.1 Å². The second kappa shape index (κ2) is 5.32. The maximum atomic E-state index is 12.9. The number of H-pyrrole nitrogens is 1. The lowest BCUT2D eigenvalue weighted by Gasteiger charge is -2.05. The van der Waals surface area contributed by atoms with Crippen molar-refractivity contribution in [1.82, 2.24) is 15.0 Å². The highest BCUT2D eigenvalue weighted by Crippen LogP contribution is 2.25. The number of benzene rings is 1. The lowest BCUT2D eigenvalue weighted by molar-refractivity contribution is 0.627. The Bertz CT molecular complexity index is 750. The van der Waals surface area contributed by atoms with Gasteiger partial charge in [0.2, 0.25) is 0 Å². The first-order valence-electron chi connectivity index (χ1n) is 6.38. The minimum absolute atomic E-state index is 0.206. The van der Waals surface area contributed by atoms with Crippen LogP contribution in [-0.2, 0) is 12.8 Å². The average molecular weight is 334 g/mol. The molecule has 1 N–H and O–H groups in total. The summed E-state index contributed by atoms with van der Waals surface area (Å²) in [5, 5.41) is 1.03. The molecule has 5 heteroatoms. The maximum Gasteiger partial charge on any atom is 0.142 e. The summed E-state index contributed by atoms with van der Waals surface area (Å²) in [4.78, 5) is 12.0. The number of aromatic nitrogens is 3. The molecule has 0 saturated heterocycles. The van der Waals surface area contributed by atoms with Gasteiger partial charge in [0.1, 0.15) is 17.3 Å². The van der Waals surface area contributed by atoms with Crippen LogP contribution in [0.3, 0.4) is 0 Å². The third-order valence-electron chi connectivity index (χ3n) is 3.23. The molecule has 0 saturated carbocycles. The van der Waals surface area contributed by atoms with Crippen LogP contribution < -0.4 is 0 Å². The molecule has 2 aromatic heterocycles. The summed E-state index contributed by atoms with van der Waals surface area (Å²) in [6.07, 6.45) is 3.49. The minimum atomic E-state index is -0.206. The van der Waals surface area contributed by atoms with Gasteiger partial charge in [-0.2, -0.15) is 0 Å². The molecule has 3 nitrogen and oxygen atoms in total. The van der Waals surface area contributed by atoms with Gasteiger partial charge in [-0.3, -0.25) is 0 Å². The van der Waals surface area contributed by atoms with Crippen molar-refractivity contribution in [3.8, 4) is 0 Å². The topological polar surface area (TPSA) is 41.6 Å². The van der Waals surface area contributed by atoms with Gasteiger partial charge in [0.15, 0.2) is 0 Å². The van der Waals surface area contributed by atoms with E-state index in [0.717, 1.165) is 45.4 Å². The molecule has 0 amide bonds. The zero-order valence-electron chi connectivity index (χ0n) is 11.0. The van der Waals surface area contributed by atoms with E-state index in [4.69, 9.17) is 0 Å². The molecule has 2 heterocycles. The number of fused-ring (bicyclic) bond motifs is 1. The molecule has 0 aliphatic carbocycles. The monoisotopic (exact) mass is 333 g/mol. The third kappa shape index (κ3) is 2.58. The van der Waals surface area contributed by atoms with Crippen molar-refractivity contribution in [2.24, 2.45) is 0 Å². The number of nitrogens with one attached hydrogen (secondary N) is 1. The van der Waals surface area contributed by atoms with Crippen LogP contribution in [-0.4, -0.2) is 15.0 Å². The van der Waals surface area contributed by atoms with E-state index in [2.05, 4.69) is 30.9 Å². The zero-order chi connectivity index (χ0) is 14.1. The minimum Gasteiger partial charge on any atom is -0.345 e. The highest BCUT2D eigenvalue weighted by molar-refractivity contribution is 9.10. The van der Waals surface area contributed by atoms with E-state index < -0.39 is 0 Å². The number of halogens is 2. The standard InChI is InChI=1S/C15H13BrFN3/c1-9-19-13(14-12(16)8-18-15(14)20-9)7-4-10-2-5-11(17)6-3-10/h2-3,5-6,8H,4,7H2,1H3,(H,18,19,20). The number of aryl methyl sites for hydroxylation is 3. The molecule has 20 heavy (non-hydrogen) atoms. The first kappa shape index (κ1) is 13.2. The third-order valence-corrected chi connectivity index (χ3v) is 3.86. The van der Waals surface area contributed by atoms with Crippen LogP contribution >= 0.6 is 15.9 Å². The highest BCUT2D eigenvalue weighted by Gasteiger charge is 2.11. The highest BCUT2D eigenvalue weighted by atomic mass is 79.9. The van der Waals surface area contributed by atoms with E-state index in [1.807, 2.05) is 25.3 Å². The van der Waals surface area contributed by atoms with Crippen LogP contribution in [0.15, 0.2) is 34.9 Å². The molecule has 0 unspecified atom stereocenters. The van der Waals surface area contributed by atoms with Gasteiger partial charge in [-0.25, -0.2) is 14.4 Å². The van der Waals surface area contributed by atoms with E-state index in [-0.39, 0.29) is 5.82 Å². The Labute approximate surface area is 124 Å². The molecule has 0 atom stereocenters. The lowest BCUT2D eigenvalue weighted by Crippen LogP contribution is -1.99. The van der Waals surface area contributed by atoms with Crippen molar-refractivity contribution >= 4 is 27.0 Å². The summed E-state index contributed by atoms with van der Waals surface area (Å²) in [6, 6.07) is 6.60. The van der Waals surface area contributed by atoms with Crippen molar-refractivity contribution in [3.05, 3.63) is 57.8 Å². The number of hydrogen-bond acceptors (Lipinski definition) is 2. The Balaban J connectivity index is 1.90. The van der Waals surface area contributed by atoms with Gasteiger partial charge >= 0.3 is 0 Å². The Morgan fingerprint density at radius 3 is 2.65 bits per heavy atom. The van der Waals surface area contributed by atoms with E-state index in [0.29, 0.717) is 0 Å². The van der Waals surface area contributed by atoms with Crippen LogP contribution in [0.25, 0.3) is 11.0 Å². The molecular weight excluding hydrogens is 321 g/mol. The fraction of sp³-hybridized carbons (Fsp3) is 0.200. The summed E-state index contributed by atoms with van der Waals surface area (Å²) in [5.74, 6) is 0.545. The van der Waals surface area contributed by atoms with Gasteiger partial charge in [-0.15, -0.1) is 0 Å². The van der Waals surface area contributed by atoms with Crippen LogP contribution in [0.4, 0.5) is 4.39 Å². The van der Waals surface area contributed by atoms with E-state index >= 15 is 0 Å². The van der Waals surface area contributed by atoms with Gasteiger partial charge in [-0.05, 0) is 53.4 Å². The van der Waals surface area contributed by atoms with Crippen molar-refractivity contribution < 1.29 is 4.39 Å². The smallest absolute Gasteiger partial charge is 0.142 e. The molecule has 1 aromatic carbocycles. The summed E-state index contributed by atoms with van der Waals surface area (Å²) in [7, 11) is 0. The molecule has 0 spiro atoms. The normalized spacial score (nSPS) is 11.2. The van der Waals surface area contributed by atoms with Crippen molar-refractivity contribution in [2.45, 2.75) is 19.8 Å². The Morgan fingerprint density at radius 2 is 1.90 bits per heavy atom. The second-order valence-electron chi connectivity index (χ2n) is 4.70. The predicted molar refractivity (Wildman–Crippen MR) is 80.1 cm³/mol. The van der Waals surface area contributed by atoms with E-state index in [1.165, 1.54) is 12.1 Å². The lowest BCUT2D eigenvalue weighted by atomic mass is 10.1. The maximum absolute atomic E-state index is 12.9. The Kier molecular flexibility index (Phi) is 3.53. The quantitative estimate of drug-likeness (QED) is 0.788. The van der Waals surface area contributed by atoms with Crippen LogP contribution in [0.2, 0.25) is 0 Å². The van der Waals surface area contributed by atoms with E-state index in [9.17, 15) is 4.39 Å². The van der Waals surface area contributed by atoms with Crippen molar-refractivity contribution in [2.75, 3.05) is 0 Å². The van der Waals surface area contributed by atoms with Gasteiger partial charge in [-0.1, -0.05) is 12.1 Å². The number of aromatic amines is 1. The number of nitrogens with zero attached hydrogens (tertiary/aromatic N) is 2. The fourth-order valence-electron chi connectivity index (χ4n) is 2.28. The molecule has 3 rings (SSSR count). The predicted octanol–water partition coefficient (Wildman–Crippen LogP) is 3.95. The largest absolute Gasteiger partial charge is 0.345 e. The van der Waals surface area contributed by atoms with Gasteiger partial charge < -0.3 is 4.98 Å². The van der Waals surface area contributed by atoms with Gasteiger partial charge in [0.05, 0.1) is 11.1 Å². The van der Waals surface area contributed by atoms with Gasteiger partial charge in [0, 0.05) is 10.7 Å². The summed E-state index contributed by atoms with van der Waals surface area (Å²) < 4.78 is 13.9. The SMILES string of the molecule is Cc1nc(CCc2ccc(F)cc2)c2c(Br)c[nH]c2n1. The molecule has 0 fully saturated rings. The summed E-state index contributed by atoms with van der Waals surface area (Å²) >= 11 is 3.52. The molecule has 0 bridgehead atoms. The van der Waals surface area contributed by atoms with Crippen molar-refractivity contribution in [3.63, 3.8) is 0 Å². The van der Waals surface area contributed by atoms with Crippen LogP contribution in [0, 0.1) is 12.7 Å². The fourth-order valence-corrected chi connectivity index (χ4v) is 2.82. The van der Waals surface area contributed by atoms with Crippen molar-refractivity contribution in [1.29, 1.82) is 0 Å². The Hall–Kier alpha value is -1.75. The molecule has 3 aromatic rings. The van der Waals surface area contributed by atoms with Crippen LogP contribution in [0.5, 0.6) is 0 Å². The molecule has 0 aliphatic rings. The molecular formula is C15H13BrFN3. The average Bonchev–Trinajstić information content (AvgIpc) is 2.79. The molecule has 0 aliphatic heterocycles. The van der Waals surface area contributed by atoms with Gasteiger partial charge in [0.25, 0.3) is 0 Å². The number of hydrogen-bond donors (Lipinski definition) is 1. The molecule has 0 radical (unpaired) electrons. The first-order valence-corrected chi connectivity index (χ1v) is 7.17. The van der Waals surface area contributed by atoms with E-state index in [1.54, 1.807) is 0 Å². The Morgan fingerprint density at radius 1 is 1.15 bits per heavy atom. The first-order chi connectivity index (χ1) is 9.63. The summed E-state index contributed by atoms with van der Waals surface area (Å²) in [5.41, 5.74) is 2.95. The number of rotatable bonds is 3. The zero-order valence-corrected chi connectivity index (χ0v) is 12.5. The second-order valence-corrected chi connectivity index (χ2v) is 5.56. The molecule has 102 valence electrons. The summed E-state index contributed by atoms with van der Waals surface area (Å²) in [6.45, 7) is 1.88.